The first-order valence-corrected chi connectivity index (χ1v) is 3.91. The van der Waals surface area contributed by atoms with Crippen LogP contribution >= 0.6 is 0 Å². The van der Waals surface area contributed by atoms with Crippen LogP contribution in [0.5, 0.6) is 0 Å². The van der Waals surface area contributed by atoms with E-state index in [0.717, 1.165) is 0 Å². The fourth-order valence-corrected chi connectivity index (χ4v) is 0.854. The topological polar surface area (TPSA) is 0 Å². The van der Waals surface area contributed by atoms with E-state index in [4.69, 9.17) is 0 Å². The fraction of sp³-hybridized carbons (Fsp3) is 1.00. The molecule has 0 saturated carbocycles. The SMILES string of the molecule is CCCCCCCC.[Ni]. The molecule has 0 radical (unpaired) electrons. The second-order valence-electron chi connectivity index (χ2n) is 2.41. The van der Waals surface area contributed by atoms with Gasteiger partial charge in [-0.05, 0) is 0 Å². The molecule has 0 spiro atoms. The molecule has 0 fully saturated rings. The van der Waals surface area contributed by atoms with Crippen molar-refractivity contribution >= 4 is 0 Å². The summed E-state index contributed by atoms with van der Waals surface area (Å²) in [7, 11) is 0. The van der Waals surface area contributed by atoms with Crippen molar-refractivity contribution in [3.63, 3.8) is 0 Å². The molecule has 0 amide bonds. The monoisotopic (exact) mass is 172 g/mol. The number of unbranched alkanes of at least 4 members (excludes halogenated alkanes) is 5. The van der Waals surface area contributed by atoms with Crippen LogP contribution in [0.3, 0.4) is 0 Å². The van der Waals surface area contributed by atoms with Gasteiger partial charge < -0.3 is 0 Å². The smallest absolute Gasteiger partial charge is 0 e. The van der Waals surface area contributed by atoms with Gasteiger partial charge in [0.05, 0.1) is 0 Å². The molecule has 60 valence electrons. The molecule has 0 atom stereocenters. The van der Waals surface area contributed by atoms with Crippen molar-refractivity contribution in [2.45, 2.75) is 52.4 Å². The minimum absolute atomic E-state index is 0. The van der Waals surface area contributed by atoms with E-state index < -0.39 is 0 Å². The van der Waals surface area contributed by atoms with E-state index in [1.54, 1.807) is 0 Å². The van der Waals surface area contributed by atoms with Gasteiger partial charge in [-0.15, -0.1) is 0 Å². The zero-order valence-electron chi connectivity index (χ0n) is 6.56. The van der Waals surface area contributed by atoms with Crippen LogP contribution in [-0.4, -0.2) is 0 Å². The molecule has 0 aromatic carbocycles. The van der Waals surface area contributed by atoms with Crippen LogP contribution in [0.25, 0.3) is 0 Å². The quantitative estimate of drug-likeness (QED) is 0.441. The number of hydrogen-bond donors (Lipinski definition) is 0. The summed E-state index contributed by atoms with van der Waals surface area (Å²) in [6, 6.07) is 0. The summed E-state index contributed by atoms with van der Waals surface area (Å²) in [6.07, 6.45) is 8.49. The van der Waals surface area contributed by atoms with Crippen LogP contribution < -0.4 is 0 Å². The Morgan fingerprint density at radius 1 is 0.667 bits per heavy atom. The molecule has 0 aliphatic heterocycles. The molecule has 0 aromatic rings. The molecule has 0 unspecified atom stereocenters. The minimum atomic E-state index is 0. The van der Waals surface area contributed by atoms with Gasteiger partial charge in [0.25, 0.3) is 0 Å². The first-order chi connectivity index (χ1) is 3.91. The molecule has 0 heterocycles. The predicted molar refractivity (Wildman–Crippen MR) is 39.0 cm³/mol. The largest absolute Gasteiger partial charge is 0.0654 e. The van der Waals surface area contributed by atoms with Crippen LogP contribution in [-0.2, 0) is 16.5 Å². The van der Waals surface area contributed by atoms with Gasteiger partial charge in [0.2, 0.25) is 0 Å². The molecule has 0 aliphatic carbocycles. The van der Waals surface area contributed by atoms with E-state index in [9.17, 15) is 0 Å². The summed E-state index contributed by atoms with van der Waals surface area (Å²) in [5, 5.41) is 0. The molecule has 0 saturated heterocycles. The average molecular weight is 173 g/mol. The van der Waals surface area contributed by atoms with Crippen LogP contribution in [0.1, 0.15) is 52.4 Å². The first-order valence-electron chi connectivity index (χ1n) is 3.91. The Balaban J connectivity index is 0. The van der Waals surface area contributed by atoms with Crippen molar-refractivity contribution in [3.05, 3.63) is 0 Å². The van der Waals surface area contributed by atoms with Crippen LogP contribution in [0.15, 0.2) is 0 Å². The third-order valence-electron chi connectivity index (χ3n) is 1.46. The first kappa shape index (κ1) is 12.2. The van der Waals surface area contributed by atoms with E-state index >= 15 is 0 Å². The summed E-state index contributed by atoms with van der Waals surface area (Å²) < 4.78 is 0. The van der Waals surface area contributed by atoms with Crippen molar-refractivity contribution in [1.82, 2.24) is 0 Å². The molecule has 0 aromatic heterocycles. The number of rotatable bonds is 5. The summed E-state index contributed by atoms with van der Waals surface area (Å²) in [5.74, 6) is 0. The maximum absolute atomic E-state index is 2.26. The van der Waals surface area contributed by atoms with Gasteiger partial charge in [-0.25, -0.2) is 0 Å². The molecular formula is C8H18Ni. The Morgan fingerprint density at radius 2 is 1.00 bits per heavy atom. The van der Waals surface area contributed by atoms with Crippen molar-refractivity contribution < 1.29 is 16.5 Å². The molecular weight excluding hydrogens is 155 g/mol. The normalized spacial score (nSPS) is 8.67. The predicted octanol–water partition coefficient (Wildman–Crippen LogP) is 3.36. The maximum Gasteiger partial charge on any atom is 0 e. The third-order valence-corrected chi connectivity index (χ3v) is 1.46. The standard InChI is InChI=1S/C8H18.Ni/c1-3-5-7-8-6-4-2;/h3-8H2,1-2H3;. The Bertz CT molecular complexity index is 29.5. The molecule has 0 aliphatic rings. The second-order valence-corrected chi connectivity index (χ2v) is 2.41. The summed E-state index contributed by atoms with van der Waals surface area (Å²) in [5.41, 5.74) is 0. The van der Waals surface area contributed by atoms with Gasteiger partial charge in [-0.3, -0.25) is 0 Å². The molecule has 1 heteroatoms. The molecule has 0 rings (SSSR count). The Hall–Kier alpha value is 0.494. The fourth-order valence-electron chi connectivity index (χ4n) is 0.854. The number of hydrogen-bond acceptors (Lipinski definition) is 0. The van der Waals surface area contributed by atoms with Gasteiger partial charge in [-0.2, -0.15) is 0 Å². The van der Waals surface area contributed by atoms with Gasteiger partial charge in [0, 0.05) is 16.5 Å². The van der Waals surface area contributed by atoms with Gasteiger partial charge in [0.15, 0.2) is 0 Å². The molecule has 9 heavy (non-hydrogen) atoms. The summed E-state index contributed by atoms with van der Waals surface area (Å²) >= 11 is 0. The Morgan fingerprint density at radius 3 is 1.22 bits per heavy atom. The zero-order valence-corrected chi connectivity index (χ0v) is 7.55. The van der Waals surface area contributed by atoms with E-state index in [-0.39, 0.29) is 16.5 Å². The van der Waals surface area contributed by atoms with Crippen molar-refractivity contribution in [1.29, 1.82) is 0 Å². The van der Waals surface area contributed by atoms with Crippen molar-refractivity contribution in [3.8, 4) is 0 Å². The molecule has 0 N–H and O–H groups in total. The van der Waals surface area contributed by atoms with Gasteiger partial charge in [0.1, 0.15) is 0 Å². The van der Waals surface area contributed by atoms with E-state index in [0.29, 0.717) is 0 Å². The summed E-state index contributed by atoms with van der Waals surface area (Å²) in [6.45, 7) is 4.51. The van der Waals surface area contributed by atoms with Gasteiger partial charge in [-0.1, -0.05) is 52.4 Å². The molecule has 0 nitrogen and oxygen atoms in total. The van der Waals surface area contributed by atoms with Crippen LogP contribution in [0.2, 0.25) is 0 Å². The zero-order chi connectivity index (χ0) is 6.24. The van der Waals surface area contributed by atoms with Crippen molar-refractivity contribution in [2.75, 3.05) is 0 Å². The van der Waals surface area contributed by atoms with E-state index in [2.05, 4.69) is 13.8 Å². The summed E-state index contributed by atoms with van der Waals surface area (Å²) in [4.78, 5) is 0. The maximum atomic E-state index is 2.26. The molecule has 0 bridgehead atoms. The Kier molecular flexibility index (Phi) is 15.3. The van der Waals surface area contributed by atoms with Gasteiger partial charge >= 0.3 is 0 Å². The third kappa shape index (κ3) is 11.9. The Labute approximate surface area is 69.3 Å². The second kappa shape index (κ2) is 11.3. The van der Waals surface area contributed by atoms with Crippen LogP contribution in [0, 0.1) is 0 Å². The van der Waals surface area contributed by atoms with E-state index in [1.165, 1.54) is 38.5 Å². The van der Waals surface area contributed by atoms with Crippen molar-refractivity contribution in [2.24, 2.45) is 0 Å². The minimum Gasteiger partial charge on any atom is -0.0654 e. The van der Waals surface area contributed by atoms with E-state index in [1.807, 2.05) is 0 Å². The average Bonchev–Trinajstić information content (AvgIpc) is 1.81. The van der Waals surface area contributed by atoms with Crippen LogP contribution in [0.4, 0.5) is 0 Å².